The van der Waals surface area contributed by atoms with Crippen LogP contribution in [-0.4, -0.2) is 24.5 Å². The van der Waals surface area contributed by atoms with E-state index in [-0.39, 0.29) is 36.6 Å². The van der Waals surface area contributed by atoms with Crippen LogP contribution in [0.1, 0.15) is 18.1 Å². The summed E-state index contributed by atoms with van der Waals surface area (Å²) in [5.74, 6) is 1.15. The fraction of sp³-hybridized carbons (Fsp3) is 0.333. The molecule has 1 aromatic heterocycles. The van der Waals surface area contributed by atoms with Gasteiger partial charge < -0.3 is 15.4 Å². The lowest BCUT2D eigenvalue weighted by atomic mass is 10.1. The zero-order chi connectivity index (χ0) is 16.8. The number of nitrogens with one attached hydrogen (secondary N) is 2. The number of hydrogen-bond donors (Lipinski definition) is 2. The second-order valence-corrected chi connectivity index (χ2v) is 5.63. The first-order chi connectivity index (χ1) is 11.0. The molecular weight excluding hydrogens is 361 g/mol. The number of nitrogens with zero attached hydrogens (tertiary/aromatic N) is 1. The molecule has 25 heavy (non-hydrogen) atoms. The molecule has 2 N–H and O–H groups in total. The molecule has 0 radical (unpaired) electrons. The van der Waals surface area contributed by atoms with Crippen molar-refractivity contribution in [3.05, 3.63) is 47.7 Å². The number of rotatable bonds is 6. The van der Waals surface area contributed by atoms with E-state index in [0.717, 1.165) is 11.3 Å². The molecule has 0 bridgehead atoms. The maximum Gasteiger partial charge on any atom is 0.228 e. The van der Waals surface area contributed by atoms with E-state index in [0.29, 0.717) is 18.1 Å². The zero-order valence-corrected chi connectivity index (χ0v) is 16.5. The Hall–Kier alpha value is -1.82. The van der Waals surface area contributed by atoms with E-state index in [9.17, 15) is 4.79 Å². The molecule has 0 aliphatic rings. The molecule has 1 unspecified atom stereocenters. The summed E-state index contributed by atoms with van der Waals surface area (Å²) in [6.45, 7) is 6.56. The number of anilines is 1. The molecule has 0 fully saturated rings. The van der Waals surface area contributed by atoms with Crippen LogP contribution in [0.5, 0.6) is 11.6 Å². The number of benzene rings is 1. The molecule has 5 nitrogen and oxygen atoms in total. The van der Waals surface area contributed by atoms with Gasteiger partial charge in [-0.3, -0.25) is 4.79 Å². The Labute approximate surface area is 161 Å². The van der Waals surface area contributed by atoms with Crippen molar-refractivity contribution in [2.24, 2.45) is 5.92 Å². The van der Waals surface area contributed by atoms with Crippen molar-refractivity contribution in [1.82, 2.24) is 10.3 Å². The predicted octanol–water partition coefficient (Wildman–Crippen LogP) is 4.13. The molecule has 0 aliphatic carbocycles. The van der Waals surface area contributed by atoms with Crippen molar-refractivity contribution in [3.8, 4) is 11.6 Å². The monoisotopic (exact) mass is 385 g/mol. The molecule has 1 atom stereocenters. The van der Waals surface area contributed by atoms with Crippen molar-refractivity contribution in [2.45, 2.75) is 20.8 Å². The Bertz CT molecular complexity index is 679. The van der Waals surface area contributed by atoms with Crippen molar-refractivity contribution < 1.29 is 9.53 Å². The van der Waals surface area contributed by atoms with Crippen LogP contribution in [0, 0.1) is 19.8 Å². The van der Waals surface area contributed by atoms with Gasteiger partial charge in [-0.25, -0.2) is 4.98 Å². The zero-order valence-electron chi connectivity index (χ0n) is 14.8. The van der Waals surface area contributed by atoms with E-state index in [1.54, 1.807) is 18.3 Å². The Morgan fingerprint density at radius 3 is 2.52 bits per heavy atom. The van der Waals surface area contributed by atoms with Crippen LogP contribution in [0.25, 0.3) is 0 Å². The van der Waals surface area contributed by atoms with Crippen LogP contribution in [0.3, 0.4) is 0 Å². The van der Waals surface area contributed by atoms with Gasteiger partial charge >= 0.3 is 0 Å². The topological polar surface area (TPSA) is 63.2 Å². The van der Waals surface area contributed by atoms with E-state index >= 15 is 0 Å². The van der Waals surface area contributed by atoms with Crippen LogP contribution >= 0.6 is 24.8 Å². The first kappa shape index (κ1) is 23.2. The number of aromatic nitrogens is 1. The van der Waals surface area contributed by atoms with Crippen molar-refractivity contribution in [2.75, 3.05) is 18.9 Å². The quantitative estimate of drug-likeness (QED) is 0.784. The summed E-state index contributed by atoms with van der Waals surface area (Å²) in [5.41, 5.74) is 2.92. The molecule has 0 aliphatic heterocycles. The fourth-order valence-corrected chi connectivity index (χ4v) is 2.13. The van der Waals surface area contributed by atoms with Crippen LogP contribution < -0.4 is 15.4 Å². The number of carbonyl (C=O) groups is 1. The smallest absolute Gasteiger partial charge is 0.228 e. The SMILES string of the molecule is CNCC(C)C(=O)Nc1ccc(Oc2cccc(C)c2C)nc1.Cl.Cl. The predicted molar refractivity (Wildman–Crippen MR) is 106 cm³/mol. The van der Waals surface area contributed by atoms with Gasteiger partial charge in [0.2, 0.25) is 11.8 Å². The minimum Gasteiger partial charge on any atom is -0.439 e. The maximum absolute atomic E-state index is 12.0. The van der Waals surface area contributed by atoms with Crippen molar-refractivity contribution in [3.63, 3.8) is 0 Å². The highest BCUT2D eigenvalue weighted by Crippen LogP contribution is 2.26. The number of ether oxygens (including phenoxy) is 1. The number of aryl methyl sites for hydroxylation is 1. The second kappa shape index (κ2) is 10.9. The molecular formula is C18H25Cl2N3O2. The molecule has 1 heterocycles. The first-order valence-electron chi connectivity index (χ1n) is 7.67. The highest BCUT2D eigenvalue weighted by Gasteiger charge is 2.12. The van der Waals surface area contributed by atoms with Gasteiger partial charge in [-0.15, -0.1) is 24.8 Å². The standard InChI is InChI=1S/C18H23N3O2.2ClH/c1-12-6-5-7-16(14(12)3)23-17-9-8-15(11-20-17)21-18(22)13(2)10-19-4;;/h5-9,11,13,19H,10H2,1-4H3,(H,21,22);2*1H. The normalized spacial score (nSPS) is 10.9. The van der Waals surface area contributed by atoms with E-state index in [4.69, 9.17) is 4.74 Å². The van der Waals surface area contributed by atoms with Gasteiger partial charge in [0, 0.05) is 18.5 Å². The van der Waals surface area contributed by atoms with E-state index in [2.05, 4.69) is 15.6 Å². The summed E-state index contributed by atoms with van der Waals surface area (Å²) in [5, 5.41) is 5.82. The molecule has 7 heteroatoms. The lowest BCUT2D eigenvalue weighted by molar-refractivity contribution is -0.119. The third kappa shape index (κ3) is 6.53. The molecule has 2 rings (SSSR count). The van der Waals surface area contributed by atoms with Crippen molar-refractivity contribution in [1.29, 1.82) is 0 Å². The molecule has 2 aromatic rings. The molecule has 1 aromatic carbocycles. The summed E-state index contributed by atoms with van der Waals surface area (Å²) in [6.07, 6.45) is 1.60. The lowest BCUT2D eigenvalue weighted by Crippen LogP contribution is -2.28. The van der Waals surface area contributed by atoms with Crippen molar-refractivity contribution >= 4 is 36.4 Å². The van der Waals surface area contributed by atoms with Gasteiger partial charge in [0.15, 0.2) is 0 Å². The number of halogens is 2. The molecule has 138 valence electrons. The average molecular weight is 386 g/mol. The second-order valence-electron chi connectivity index (χ2n) is 5.63. The maximum atomic E-state index is 12.0. The fourth-order valence-electron chi connectivity index (χ4n) is 2.13. The summed E-state index contributed by atoms with van der Waals surface area (Å²) in [4.78, 5) is 16.2. The number of pyridine rings is 1. The van der Waals surface area contributed by atoms with E-state index in [1.165, 1.54) is 5.56 Å². The lowest BCUT2D eigenvalue weighted by Gasteiger charge is -2.12. The largest absolute Gasteiger partial charge is 0.439 e. The Morgan fingerprint density at radius 1 is 1.20 bits per heavy atom. The van der Waals surface area contributed by atoms with Crippen LogP contribution in [-0.2, 0) is 4.79 Å². The highest BCUT2D eigenvalue weighted by atomic mass is 35.5. The molecule has 0 spiro atoms. The molecule has 1 amide bonds. The van der Waals surface area contributed by atoms with Gasteiger partial charge in [0.25, 0.3) is 0 Å². The van der Waals surface area contributed by atoms with Crippen LogP contribution in [0.15, 0.2) is 36.5 Å². The van der Waals surface area contributed by atoms with Gasteiger partial charge in [0.1, 0.15) is 5.75 Å². The minimum absolute atomic E-state index is 0. The summed E-state index contributed by atoms with van der Waals surface area (Å²) in [7, 11) is 1.82. The molecule has 0 saturated heterocycles. The van der Waals surface area contributed by atoms with E-state index in [1.807, 2.05) is 46.0 Å². The first-order valence-corrected chi connectivity index (χ1v) is 7.67. The van der Waals surface area contributed by atoms with Crippen LogP contribution in [0.4, 0.5) is 5.69 Å². The number of carbonyl (C=O) groups excluding carboxylic acids is 1. The summed E-state index contributed by atoms with van der Waals surface area (Å²) >= 11 is 0. The average Bonchev–Trinajstić information content (AvgIpc) is 2.54. The van der Waals surface area contributed by atoms with E-state index < -0.39 is 0 Å². The van der Waals surface area contributed by atoms with Crippen LogP contribution in [0.2, 0.25) is 0 Å². The summed E-state index contributed by atoms with van der Waals surface area (Å²) < 4.78 is 5.80. The summed E-state index contributed by atoms with van der Waals surface area (Å²) in [6, 6.07) is 9.45. The number of amides is 1. The molecule has 0 saturated carbocycles. The minimum atomic E-state index is -0.106. The highest BCUT2D eigenvalue weighted by molar-refractivity contribution is 5.92. The van der Waals surface area contributed by atoms with Gasteiger partial charge in [0.05, 0.1) is 11.9 Å². The Balaban J connectivity index is 0.00000288. The van der Waals surface area contributed by atoms with Gasteiger partial charge in [-0.05, 0) is 44.2 Å². The third-order valence-corrected chi connectivity index (χ3v) is 3.73. The third-order valence-electron chi connectivity index (χ3n) is 3.73. The number of hydrogen-bond acceptors (Lipinski definition) is 4. The Kier molecular flexibility index (Phi) is 10.1. The van der Waals surface area contributed by atoms with Gasteiger partial charge in [-0.2, -0.15) is 0 Å². The Morgan fingerprint density at radius 2 is 1.92 bits per heavy atom. The van der Waals surface area contributed by atoms with Gasteiger partial charge in [-0.1, -0.05) is 19.1 Å².